The van der Waals surface area contributed by atoms with Gasteiger partial charge < -0.3 is 10.2 Å². The highest BCUT2D eigenvalue weighted by atomic mass is 16.2. The molecule has 0 radical (unpaired) electrons. The van der Waals surface area contributed by atoms with E-state index in [1.807, 2.05) is 11.9 Å². The van der Waals surface area contributed by atoms with Crippen LogP contribution >= 0.6 is 0 Å². The molecule has 3 saturated heterocycles. The molecule has 0 aromatic carbocycles. The van der Waals surface area contributed by atoms with Crippen molar-refractivity contribution in [2.75, 3.05) is 39.8 Å². The van der Waals surface area contributed by atoms with Crippen LogP contribution in [0.25, 0.3) is 0 Å². The molecule has 3 unspecified atom stereocenters. The van der Waals surface area contributed by atoms with Gasteiger partial charge in [-0.2, -0.15) is 0 Å². The van der Waals surface area contributed by atoms with Crippen molar-refractivity contribution in [2.45, 2.75) is 26.3 Å². The van der Waals surface area contributed by atoms with Gasteiger partial charge in [-0.3, -0.25) is 20.3 Å². The minimum Gasteiger partial charge on any atom is -0.329 e. The summed E-state index contributed by atoms with van der Waals surface area (Å²) in [6.45, 7) is 9.18. The number of hydrogen-bond acceptors (Lipinski definition) is 5. The molecule has 3 aliphatic heterocycles. The molecule has 3 heterocycles. The summed E-state index contributed by atoms with van der Waals surface area (Å²) in [7, 11) is 1.92. The van der Waals surface area contributed by atoms with Gasteiger partial charge in [0.2, 0.25) is 5.91 Å². The number of likely N-dealkylation sites (tertiary alicyclic amines) is 1. The first kappa shape index (κ1) is 13.3. The molecule has 0 aromatic heterocycles. The summed E-state index contributed by atoms with van der Waals surface area (Å²) < 4.78 is 0. The summed E-state index contributed by atoms with van der Waals surface area (Å²) in [6, 6.07) is 0. The molecule has 3 fully saturated rings. The van der Waals surface area contributed by atoms with Gasteiger partial charge in [0.15, 0.2) is 0 Å². The molecule has 6 nitrogen and oxygen atoms in total. The summed E-state index contributed by atoms with van der Waals surface area (Å²) >= 11 is 0. The van der Waals surface area contributed by atoms with Crippen molar-refractivity contribution in [2.24, 2.45) is 11.3 Å². The second-order valence-electron chi connectivity index (χ2n) is 6.45. The summed E-state index contributed by atoms with van der Waals surface area (Å²) in [5, 5.41) is 10.5. The van der Waals surface area contributed by atoms with E-state index in [2.05, 4.69) is 34.7 Å². The highest BCUT2D eigenvalue weighted by Crippen LogP contribution is 2.40. The van der Waals surface area contributed by atoms with E-state index in [1.165, 1.54) is 0 Å². The molecule has 0 aliphatic carbocycles. The van der Waals surface area contributed by atoms with E-state index in [1.54, 1.807) is 0 Å². The van der Waals surface area contributed by atoms with Crippen molar-refractivity contribution in [3.63, 3.8) is 0 Å². The van der Waals surface area contributed by atoms with E-state index in [0.29, 0.717) is 5.92 Å². The maximum Gasteiger partial charge on any atom is 0.229 e. The summed E-state index contributed by atoms with van der Waals surface area (Å²) in [6.07, 6.45) is 0.344. The number of amides is 1. The predicted molar refractivity (Wildman–Crippen MR) is 73.2 cm³/mol. The molecule has 108 valence electrons. The maximum atomic E-state index is 12.3. The first-order valence-electron chi connectivity index (χ1n) is 7.23. The first-order chi connectivity index (χ1) is 9.01. The Balaban J connectivity index is 1.72. The van der Waals surface area contributed by atoms with Crippen LogP contribution in [0.3, 0.4) is 0 Å². The molecule has 3 rings (SSSR count). The van der Waals surface area contributed by atoms with E-state index in [-0.39, 0.29) is 23.8 Å². The Hall–Kier alpha value is -0.690. The fourth-order valence-corrected chi connectivity index (χ4v) is 3.63. The molecular formula is C13H25N5O. The second-order valence-corrected chi connectivity index (χ2v) is 6.45. The molecule has 19 heavy (non-hydrogen) atoms. The van der Waals surface area contributed by atoms with E-state index in [9.17, 15) is 4.79 Å². The zero-order chi connectivity index (χ0) is 13.6. The third-order valence-electron chi connectivity index (χ3n) is 4.97. The lowest BCUT2D eigenvalue weighted by Crippen LogP contribution is -2.68. The predicted octanol–water partition coefficient (Wildman–Crippen LogP) is -1.19. The molecule has 3 atom stereocenters. The second kappa shape index (κ2) is 4.70. The molecular weight excluding hydrogens is 242 g/mol. The minimum absolute atomic E-state index is 0.156. The number of carbonyl (C=O) groups excluding carboxylic acids is 1. The quantitative estimate of drug-likeness (QED) is 0.558. The minimum atomic E-state index is -0.270. The Bertz CT molecular complexity index is 366. The molecule has 3 N–H and O–H groups in total. The molecule has 6 heteroatoms. The summed E-state index contributed by atoms with van der Waals surface area (Å²) in [4.78, 5) is 16.6. The number of hydrogen-bond donors (Lipinski definition) is 3. The molecule has 0 spiro atoms. The number of rotatable bonds is 1. The van der Waals surface area contributed by atoms with Crippen molar-refractivity contribution < 1.29 is 4.79 Å². The standard InChI is InChI=1S/C13H25N5O/c1-13(2)9-8-15-12(18-6-4-14-5-7-18)16-10(9)17(3)11(13)19/h9-10,12,14-16H,4-8H2,1-3H3. The van der Waals surface area contributed by atoms with Crippen molar-refractivity contribution in [1.82, 2.24) is 25.8 Å². The van der Waals surface area contributed by atoms with Crippen LogP contribution in [0, 0.1) is 11.3 Å². The molecule has 1 amide bonds. The van der Waals surface area contributed by atoms with Gasteiger partial charge in [0.1, 0.15) is 6.29 Å². The SMILES string of the molecule is CN1C(=O)C(C)(C)C2CNC(N3CCNCC3)NC21. The smallest absolute Gasteiger partial charge is 0.229 e. The lowest BCUT2D eigenvalue weighted by Gasteiger charge is -2.44. The van der Waals surface area contributed by atoms with Gasteiger partial charge in [-0.15, -0.1) is 0 Å². The van der Waals surface area contributed by atoms with Gasteiger partial charge in [-0.05, 0) is 0 Å². The average Bonchev–Trinajstić information content (AvgIpc) is 2.61. The highest BCUT2D eigenvalue weighted by molar-refractivity contribution is 5.85. The lowest BCUT2D eigenvalue weighted by molar-refractivity contribution is -0.134. The number of fused-ring (bicyclic) bond motifs is 1. The van der Waals surface area contributed by atoms with Crippen LogP contribution in [-0.4, -0.2) is 67.9 Å². The van der Waals surface area contributed by atoms with Gasteiger partial charge in [0, 0.05) is 45.7 Å². The van der Waals surface area contributed by atoms with Gasteiger partial charge >= 0.3 is 0 Å². The largest absolute Gasteiger partial charge is 0.329 e. The van der Waals surface area contributed by atoms with Crippen LogP contribution in [0.15, 0.2) is 0 Å². The highest BCUT2D eigenvalue weighted by Gasteiger charge is 2.54. The number of nitrogens with zero attached hydrogens (tertiary/aromatic N) is 2. The van der Waals surface area contributed by atoms with Crippen LogP contribution in [0.5, 0.6) is 0 Å². The molecule has 0 bridgehead atoms. The average molecular weight is 267 g/mol. The molecule has 0 saturated carbocycles. The first-order valence-corrected chi connectivity index (χ1v) is 7.23. The monoisotopic (exact) mass is 267 g/mol. The topological polar surface area (TPSA) is 59.6 Å². The van der Waals surface area contributed by atoms with Gasteiger partial charge in [0.25, 0.3) is 0 Å². The van der Waals surface area contributed by atoms with Crippen molar-refractivity contribution in [3.8, 4) is 0 Å². The van der Waals surface area contributed by atoms with Crippen LogP contribution in [0.1, 0.15) is 13.8 Å². The Morgan fingerprint density at radius 3 is 2.63 bits per heavy atom. The summed E-state index contributed by atoms with van der Waals surface area (Å²) in [5.41, 5.74) is -0.270. The number of piperazine rings is 1. The van der Waals surface area contributed by atoms with Crippen LogP contribution in [0.2, 0.25) is 0 Å². The maximum absolute atomic E-state index is 12.3. The van der Waals surface area contributed by atoms with E-state index >= 15 is 0 Å². The van der Waals surface area contributed by atoms with Crippen LogP contribution in [0.4, 0.5) is 0 Å². The lowest BCUT2D eigenvalue weighted by atomic mass is 9.79. The number of carbonyl (C=O) groups is 1. The van der Waals surface area contributed by atoms with Crippen molar-refractivity contribution in [3.05, 3.63) is 0 Å². The number of nitrogens with one attached hydrogen (secondary N) is 3. The third kappa shape index (κ3) is 2.07. The Kier molecular flexibility index (Phi) is 3.29. The normalized spacial score (nSPS) is 39.4. The molecule has 0 aromatic rings. The Labute approximate surface area is 114 Å². The van der Waals surface area contributed by atoms with Crippen molar-refractivity contribution >= 4 is 5.91 Å². The van der Waals surface area contributed by atoms with E-state index in [4.69, 9.17) is 0 Å². The summed E-state index contributed by atoms with van der Waals surface area (Å²) in [5.74, 6) is 0.585. The van der Waals surface area contributed by atoms with Gasteiger partial charge in [-0.1, -0.05) is 13.8 Å². The zero-order valence-electron chi connectivity index (χ0n) is 12.1. The van der Waals surface area contributed by atoms with Crippen LogP contribution < -0.4 is 16.0 Å². The van der Waals surface area contributed by atoms with Crippen molar-refractivity contribution in [1.29, 1.82) is 0 Å². The zero-order valence-corrected chi connectivity index (χ0v) is 12.1. The van der Waals surface area contributed by atoms with E-state index < -0.39 is 0 Å². The Morgan fingerprint density at radius 1 is 1.26 bits per heavy atom. The Morgan fingerprint density at radius 2 is 1.95 bits per heavy atom. The van der Waals surface area contributed by atoms with E-state index in [0.717, 1.165) is 32.7 Å². The fraction of sp³-hybridized carbons (Fsp3) is 0.923. The molecule has 3 aliphatic rings. The third-order valence-corrected chi connectivity index (χ3v) is 4.97. The van der Waals surface area contributed by atoms with Gasteiger partial charge in [0.05, 0.1) is 11.6 Å². The fourth-order valence-electron chi connectivity index (χ4n) is 3.63. The van der Waals surface area contributed by atoms with Gasteiger partial charge in [-0.25, -0.2) is 0 Å². The van der Waals surface area contributed by atoms with Crippen LogP contribution in [-0.2, 0) is 4.79 Å².